The van der Waals surface area contributed by atoms with Gasteiger partial charge in [0.1, 0.15) is 0 Å². The van der Waals surface area contributed by atoms with Crippen molar-refractivity contribution in [3.05, 3.63) is 77.4 Å². The molecule has 0 aliphatic rings. The van der Waals surface area contributed by atoms with E-state index in [1.807, 2.05) is 58.3 Å². The largest absolute Gasteiger partial charge is 0.349 e. The number of fused-ring (bicyclic) bond motifs is 1. The average molecular weight is 399 g/mol. The number of benzene rings is 1. The van der Waals surface area contributed by atoms with Crippen molar-refractivity contribution in [2.45, 2.75) is 33.2 Å². The van der Waals surface area contributed by atoms with Crippen LogP contribution >= 0.6 is 0 Å². The van der Waals surface area contributed by atoms with Crippen molar-refractivity contribution in [1.29, 1.82) is 0 Å². The van der Waals surface area contributed by atoms with Crippen molar-refractivity contribution in [3.63, 3.8) is 0 Å². The first-order valence-corrected chi connectivity index (χ1v) is 10.0. The maximum absolute atomic E-state index is 13.3. The number of aryl methyl sites for hydroxylation is 3. The van der Waals surface area contributed by atoms with Gasteiger partial charge in [-0.2, -0.15) is 5.10 Å². The molecule has 0 fully saturated rings. The number of carbonyl (C=O) groups is 1. The van der Waals surface area contributed by atoms with Crippen molar-refractivity contribution < 1.29 is 4.79 Å². The third-order valence-electron chi connectivity index (χ3n) is 5.16. The van der Waals surface area contributed by atoms with Crippen LogP contribution in [0.15, 0.2) is 55.1 Å². The molecular formula is C24H25N5O. The van der Waals surface area contributed by atoms with E-state index < -0.39 is 0 Å². The molecule has 1 atom stereocenters. The van der Waals surface area contributed by atoms with E-state index in [4.69, 9.17) is 4.98 Å². The molecule has 6 heteroatoms. The van der Waals surface area contributed by atoms with Crippen LogP contribution in [0.3, 0.4) is 0 Å². The second kappa shape index (κ2) is 8.06. The summed E-state index contributed by atoms with van der Waals surface area (Å²) >= 11 is 0. The molecule has 152 valence electrons. The molecule has 0 unspecified atom stereocenters. The third kappa shape index (κ3) is 4.08. The fourth-order valence-corrected chi connectivity index (χ4v) is 3.86. The maximum atomic E-state index is 13.3. The number of rotatable bonds is 5. The number of pyridine rings is 2. The number of aromatic nitrogens is 4. The smallest absolute Gasteiger partial charge is 0.252 e. The van der Waals surface area contributed by atoms with Gasteiger partial charge < -0.3 is 5.32 Å². The van der Waals surface area contributed by atoms with Crippen molar-refractivity contribution in [2.75, 3.05) is 0 Å². The van der Waals surface area contributed by atoms with Crippen LogP contribution in [0.4, 0.5) is 0 Å². The first kappa shape index (κ1) is 19.8. The Balaban J connectivity index is 1.73. The fourth-order valence-electron chi connectivity index (χ4n) is 3.86. The van der Waals surface area contributed by atoms with E-state index in [1.165, 1.54) is 0 Å². The Morgan fingerprint density at radius 2 is 1.93 bits per heavy atom. The van der Waals surface area contributed by atoms with E-state index in [2.05, 4.69) is 21.5 Å². The van der Waals surface area contributed by atoms with Crippen LogP contribution in [0.5, 0.6) is 0 Å². The van der Waals surface area contributed by atoms with Gasteiger partial charge in [-0.1, -0.05) is 6.07 Å². The summed E-state index contributed by atoms with van der Waals surface area (Å²) in [5.74, 6) is -0.0963. The molecule has 30 heavy (non-hydrogen) atoms. The number of nitrogens with zero attached hydrogens (tertiary/aromatic N) is 4. The Morgan fingerprint density at radius 3 is 2.63 bits per heavy atom. The topological polar surface area (TPSA) is 72.7 Å². The van der Waals surface area contributed by atoms with E-state index in [9.17, 15) is 4.79 Å². The summed E-state index contributed by atoms with van der Waals surface area (Å²) in [5, 5.41) is 8.29. The first-order valence-electron chi connectivity index (χ1n) is 10.0. The second-order valence-corrected chi connectivity index (χ2v) is 7.87. The highest BCUT2D eigenvalue weighted by atomic mass is 16.1. The predicted molar refractivity (Wildman–Crippen MR) is 118 cm³/mol. The molecule has 4 aromatic rings. The SMILES string of the molecule is Cc1cc(C)c2c(C(=O)N[C@@H](C)Cc3ccncc3)cc(-c3cnn(C)c3)nc2c1. The lowest BCUT2D eigenvalue weighted by molar-refractivity contribution is 0.0941. The van der Waals surface area contributed by atoms with Gasteiger partial charge in [-0.15, -0.1) is 0 Å². The van der Waals surface area contributed by atoms with E-state index in [0.717, 1.165) is 45.3 Å². The predicted octanol–water partition coefficient (Wildman–Crippen LogP) is 4.01. The van der Waals surface area contributed by atoms with Gasteiger partial charge in [0.25, 0.3) is 5.91 Å². The van der Waals surface area contributed by atoms with Gasteiger partial charge >= 0.3 is 0 Å². The van der Waals surface area contributed by atoms with Gasteiger partial charge in [0.2, 0.25) is 0 Å². The Labute approximate surface area is 176 Å². The minimum atomic E-state index is -0.0963. The fraction of sp³-hybridized carbons (Fsp3) is 0.250. The molecule has 0 saturated carbocycles. The Hall–Kier alpha value is -3.54. The number of hydrogen-bond donors (Lipinski definition) is 1. The molecule has 0 aliphatic heterocycles. The van der Waals surface area contributed by atoms with Gasteiger partial charge in [-0.05, 0) is 68.1 Å². The van der Waals surface area contributed by atoms with Crippen LogP contribution in [0.25, 0.3) is 22.2 Å². The van der Waals surface area contributed by atoms with Crippen LogP contribution in [0.2, 0.25) is 0 Å². The lowest BCUT2D eigenvalue weighted by Gasteiger charge is -2.17. The standard InChI is InChI=1S/C24H25N5O/c1-15-9-16(2)23-20(24(30)27-17(3)11-18-5-7-25-8-6-18)12-21(28-22(23)10-15)19-13-26-29(4)14-19/h5-10,12-14,17H,11H2,1-4H3,(H,27,30)/t17-/m0/s1. The zero-order chi connectivity index (χ0) is 21.3. The molecule has 6 nitrogen and oxygen atoms in total. The number of amides is 1. The third-order valence-corrected chi connectivity index (χ3v) is 5.16. The Bertz CT molecular complexity index is 1210. The highest BCUT2D eigenvalue weighted by molar-refractivity contribution is 6.08. The second-order valence-electron chi connectivity index (χ2n) is 7.87. The maximum Gasteiger partial charge on any atom is 0.252 e. The lowest BCUT2D eigenvalue weighted by atomic mass is 9.98. The van der Waals surface area contributed by atoms with Crippen molar-refractivity contribution >= 4 is 16.8 Å². The van der Waals surface area contributed by atoms with Crippen molar-refractivity contribution in [3.8, 4) is 11.3 Å². The summed E-state index contributed by atoms with van der Waals surface area (Å²) in [4.78, 5) is 22.2. The minimum absolute atomic E-state index is 0.0179. The quantitative estimate of drug-likeness (QED) is 0.550. The zero-order valence-electron chi connectivity index (χ0n) is 17.7. The highest BCUT2D eigenvalue weighted by Crippen LogP contribution is 2.28. The molecule has 1 amide bonds. The molecule has 0 bridgehead atoms. The van der Waals surface area contributed by atoms with Crippen molar-refractivity contribution in [2.24, 2.45) is 7.05 Å². The van der Waals surface area contributed by atoms with Crippen LogP contribution in [0.1, 0.15) is 34.0 Å². The van der Waals surface area contributed by atoms with Crippen molar-refractivity contribution in [1.82, 2.24) is 25.1 Å². The number of nitrogens with one attached hydrogen (secondary N) is 1. The van der Waals surface area contributed by atoms with E-state index in [-0.39, 0.29) is 11.9 Å². The summed E-state index contributed by atoms with van der Waals surface area (Å²) < 4.78 is 1.74. The van der Waals surface area contributed by atoms with E-state index in [1.54, 1.807) is 23.3 Å². The van der Waals surface area contributed by atoms with Gasteiger partial charge in [0.15, 0.2) is 0 Å². The number of hydrogen-bond acceptors (Lipinski definition) is 4. The Morgan fingerprint density at radius 1 is 1.17 bits per heavy atom. The summed E-state index contributed by atoms with van der Waals surface area (Å²) in [7, 11) is 1.87. The summed E-state index contributed by atoms with van der Waals surface area (Å²) in [6.45, 7) is 6.08. The van der Waals surface area contributed by atoms with Crippen LogP contribution in [-0.2, 0) is 13.5 Å². The van der Waals surface area contributed by atoms with Gasteiger partial charge in [0, 0.05) is 42.6 Å². The molecule has 0 aliphatic carbocycles. The zero-order valence-corrected chi connectivity index (χ0v) is 17.7. The van der Waals surface area contributed by atoms with Gasteiger partial charge in [0.05, 0.1) is 23.0 Å². The summed E-state index contributed by atoms with van der Waals surface area (Å²) in [6.07, 6.45) is 7.96. The van der Waals surface area contributed by atoms with Crippen LogP contribution in [0, 0.1) is 13.8 Å². The molecule has 0 saturated heterocycles. The molecule has 3 aromatic heterocycles. The molecule has 1 aromatic carbocycles. The van der Waals surface area contributed by atoms with Crippen LogP contribution in [-0.4, -0.2) is 31.7 Å². The van der Waals surface area contributed by atoms with E-state index in [0.29, 0.717) is 5.56 Å². The molecule has 3 heterocycles. The monoisotopic (exact) mass is 399 g/mol. The molecule has 4 rings (SSSR count). The molecular weight excluding hydrogens is 374 g/mol. The normalized spacial score (nSPS) is 12.1. The van der Waals surface area contributed by atoms with Gasteiger partial charge in [-0.3, -0.25) is 14.5 Å². The Kier molecular flexibility index (Phi) is 5.31. The highest BCUT2D eigenvalue weighted by Gasteiger charge is 2.18. The molecule has 0 radical (unpaired) electrons. The van der Waals surface area contributed by atoms with Crippen LogP contribution < -0.4 is 5.32 Å². The van der Waals surface area contributed by atoms with E-state index >= 15 is 0 Å². The summed E-state index contributed by atoms with van der Waals surface area (Å²) in [6, 6.07) is 9.91. The minimum Gasteiger partial charge on any atom is -0.349 e. The average Bonchev–Trinajstić information content (AvgIpc) is 3.13. The first-order chi connectivity index (χ1) is 14.4. The summed E-state index contributed by atoms with van der Waals surface area (Å²) in [5.41, 5.74) is 6.39. The molecule has 0 spiro atoms. The van der Waals surface area contributed by atoms with Gasteiger partial charge in [-0.25, -0.2) is 4.98 Å². The molecule has 1 N–H and O–H groups in total. The number of carbonyl (C=O) groups excluding carboxylic acids is 1. The lowest BCUT2D eigenvalue weighted by Crippen LogP contribution is -2.34.